The third-order valence-electron chi connectivity index (χ3n) is 4.05. The van der Waals surface area contributed by atoms with Gasteiger partial charge in [0.15, 0.2) is 0 Å². The maximum absolute atomic E-state index is 12.6. The van der Waals surface area contributed by atoms with E-state index in [0.29, 0.717) is 34.5 Å². The minimum atomic E-state index is -0.803. The van der Waals surface area contributed by atoms with Crippen LogP contribution in [0.3, 0.4) is 0 Å². The molecule has 132 valence electrons. The topological polar surface area (TPSA) is 58.9 Å². The number of halogens is 2. The average Bonchev–Trinajstić information content (AvgIpc) is 3.24. The first kappa shape index (κ1) is 18.8. The van der Waals surface area contributed by atoms with Gasteiger partial charge in [-0.05, 0) is 26.0 Å². The summed E-state index contributed by atoms with van der Waals surface area (Å²) in [5.41, 5.74) is -0.286. The van der Waals surface area contributed by atoms with Gasteiger partial charge in [0, 0.05) is 17.6 Å². The first-order valence-corrected chi connectivity index (χ1v) is 8.24. The highest BCUT2D eigenvalue weighted by Crippen LogP contribution is 2.37. The molecule has 2 unspecified atom stereocenters. The molecule has 0 radical (unpaired) electrons. The van der Waals surface area contributed by atoms with Gasteiger partial charge in [0.25, 0.3) is 0 Å². The maximum atomic E-state index is 12.6. The van der Waals surface area contributed by atoms with Crippen LogP contribution in [0, 0.1) is 0 Å². The minimum Gasteiger partial charge on any atom is -0.495 e. The molecule has 1 aromatic rings. The van der Waals surface area contributed by atoms with E-state index in [1.807, 2.05) is 0 Å². The molecular formula is C16H20Cl2N2O4. The maximum Gasteiger partial charge on any atom is 0.329 e. The molecule has 0 bridgehead atoms. The smallest absolute Gasteiger partial charge is 0.329 e. The van der Waals surface area contributed by atoms with Crippen LogP contribution < -0.4 is 4.74 Å². The zero-order chi connectivity index (χ0) is 18.1. The number of amides is 1. The van der Waals surface area contributed by atoms with E-state index in [0.717, 1.165) is 0 Å². The normalized spacial score (nSPS) is 22.0. The van der Waals surface area contributed by atoms with Gasteiger partial charge in [-0.3, -0.25) is 9.80 Å². The van der Waals surface area contributed by atoms with Crippen molar-refractivity contribution in [2.24, 2.45) is 0 Å². The van der Waals surface area contributed by atoms with E-state index in [2.05, 4.69) is 0 Å². The van der Waals surface area contributed by atoms with Crippen LogP contribution in [-0.4, -0.2) is 54.7 Å². The van der Waals surface area contributed by atoms with Crippen molar-refractivity contribution in [1.29, 1.82) is 0 Å². The first-order valence-electron chi connectivity index (χ1n) is 7.48. The molecule has 0 N–H and O–H groups in total. The number of benzene rings is 1. The Hall–Kier alpha value is -1.50. The summed E-state index contributed by atoms with van der Waals surface area (Å²) in [6.07, 6.45) is 0.00840. The van der Waals surface area contributed by atoms with Crippen LogP contribution in [0.1, 0.15) is 19.4 Å². The molecule has 1 aromatic carbocycles. The number of likely N-dealkylation sites (N-methyl/N-ethyl adjacent to an activating group) is 1. The molecule has 1 fully saturated rings. The quantitative estimate of drug-likeness (QED) is 0.565. The lowest BCUT2D eigenvalue weighted by molar-refractivity contribution is -0.151. The fourth-order valence-corrected chi connectivity index (χ4v) is 2.98. The Morgan fingerprint density at radius 3 is 2.54 bits per heavy atom. The number of methoxy groups -OCH3 is 1. The average molecular weight is 375 g/mol. The van der Waals surface area contributed by atoms with E-state index in [1.165, 1.54) is 12.1 Å². The van der Waals surface area contributed by atoms with Crippen molar-refractivity contribution >= 4 is 35.1 Å². The summed E-state index contributed by atoms with van der Waals surface area (Å²) in [6.45, 7) is 4.21. The van der Waals surface area contributed by atoms with Gasteiger partial charge < -0.3 is 9.47 Å². The molecule has 0 aromatic heterocycles. The fourth-order valence-electron chi connectivity index (χ4n) is 2.51. The Morgan fingerprint density at radius 2 is 1.96 bits per heavy atom. The summed E-state index contributed by atoms with van der Waals surface area (Å²) in [4.78, 5) is 24.5. The number of hydrazine groups is 1. The molecule has 1 aliphatic rings. The van der Waals surface area contributed by atoms with Crippen LogP contribution in [-0.2, 0) is 20.7 Å². The zero-order valence-electron chi connectivity index (χ0n) is 14.1. The van der Waals surface area contributed by atoms with E-state index in [9.17, 15) is 9.59 Å². The number of hydrogen-bond acceptors (Lipinski definition) is 5. The Labute approximate surface area is 151 Å². The largest absolute Gasteiger partial charge is 0.495 e. The second-order valence-electron chi connectivity index (χ2n) is 5.69. The fraction of sp³-hybridized carbons (Fsp3) is 0.500. The van der Waals surface area contributed by atoms with Crippen molar-refractivity contribution in [3.63, 3.8) is 0 Å². The summed E-state index contributed by atoms with van der Waals surface area (Å²) in [6, 6.07) is 3.23. The molecule has 24 heavy (non-hydrogen) atoms. The van der Waals surface area contributed by atoms with Crippen LogP contribution in [0.2, 0.25) is 10.0 Å². The molecule has 1 amide bonds. The molecular weight excluding hydrogens is 355 g/mol. The predicted octanol–water partition coefficient (Wildman–Crippen LogP) is 2.56. The van der Waals surface area contributed by atoms with E-state index < -0.39 is 5.54 Å². The minimum absolute atomic E-state index is 0.00840. The van der Waals surface area contributed by atoms with Gasteiger partial charge >= 0.3 is 5.97 Å². The summed E-state index contributed by atoms with van der Waals surface area (Å²) in [5.74, 6) is -0.196. The molecule has 0 spiro atoms. The molecule has 0 aliphatic carbocycles. The van der Waals surface area contributed by atoms with Crippen LogP contribution in [0.4, 0.5) is 0 Å². The van der Waals surface area contributed by atoms with Crippen molar-refractivity contribution in [3.8, 4) is 5.75 Å². The van der Waals surface area contributed by atoms with Crippen molar-refractivity contribution in [2.75, 3.05) is 27.3 Å². The number of nitrogens with zero attached hydrogens (tertiary/aromatic N) is 2. The number of rotatable bonds is 6. The van der Waals surface area contributed by atoms with Crippen LogP contribution in [0.15, 0.2) is 12.1 Å². The Kier molecular flexibility index (Phi) is 5.63. The number of carbonyl (C=O) groups excluding carboxylic acids is 2. The Bertz CT molecular complexity index is 668. The van der Waals surface area contributed by atoms with Crippen LogP contribution in [0.25, 0.3) is 0 Å². The molecule has 1 aliphatic heterocycles. The highest BCUT2D eigenvalue weighted by Gasteiger charge is 2.58. The zero-order valence-corrected chi connectivity index (χ0v) is 15.6. The van der Waals surface area contributed by atoms with Gasteiger partial charge in [0.1, 0.15) is 11.3 Å². The van der Waals surface area contributed by atoms with Gasteiger partial charge in [-0.15, -0.1) is 0 Å². The molecule has 0 saturated carbocycles. The number of ether oxygens (including phenoxy) is 2. The summed E-state index contributed by atoms with van der Waals surface area (Å²) < 4.78 is 10.3. The van der Waals surface area contributed by atoms with Crippen molar-refractivity contribution in [2.45, 2.75) is 25.8 Å². The van der Waals surface area contributed by atoms with Gasteiger partial charge in [0.05, 0.1) is 31.7 Å². The highest BCUT2D eigenvalue weighted by atomic mass is 35.5. The van der Waals surface area contributed by atoms with Gasteiger partial charge in [-0.1, -0.05) is 23.2 Å². The molecule has 2 rings (SSSR count). The second kappa shape index (κ2) is 7.17. The molecule has 8 heteroatoms. The molecule has 1 saturated heterocycles. The summed E-state index contributed by atoms with van der Waals surface area (Å²) in [7, 11) is 3.08. The molecule has 1 heterocycles. The lowest BCUT2D eigenvalue weighted by Crippen LogP contribution is -2.40. The van der Waals surface area contributed by atoms with Gasteiger partial charge in [0.2, 0.25) is 5.91 Å². The first-order chi connectivity index (χ1) is 11.3. The van der Waals surface area contributed by atoms with Crippen LogP contribution >= 0.6 is 23.2 Å². The molecule has 6 nitrogen and oxygen atoms in total. The van der Waals surface area contributed by atoms with Crippen LogP contribution in [0.5, 0.6) is 5.75 Å². The summed E-state index contributed by atoms with van der Waals surface area (Å²) in [5, 5.41) is 3.85. The van der Waals surface area contributed by atoms with E-state index in [-0.39, 0.29) is 18.3 Å². The number of hydrogen-bond donors (Lipinski definition) is 0. The van der Waals surface area contributed by atoms with Crippen molar-refractivity contribution in [3.05, 3.63) is 27.7 Å². The monoisotopic (exact) mass is 374 g/mol. The standard InChI is InChI=1S/C16H20Cl2N2O4/c1-5-24-15(22)16(2)9-20(16)19(3)13(21)8-10-11(17)6-7-12(18)14(10)23-4/h6-7H,5,8-9H2,1-4H3. The van der Waals surface area contributed by atoms with Gasteiger partial charge in [-0.25, -0.2) is 4.79 Å². The van der Waals surface area contributed by atoms with E-state index >= 15 is 0 Å². The van der Waals surface area contributed by atoms with E-state index in [4.69, 9.17) is 32.7 Å². The van der Waals surface area contributed by atoms with E-state index in [1.54, 1.807) is 38.0 Å². The van der Waals surface area contributed by atoms with Crippen molar-refractivity contribution in [1.82, 2.24) is 10.0 Å². The molecule has 2 atom stereocenters. The highest BCUT2D eigenvalue weighted by molar-refractivity contribution is 6.35. The number of carbonyl (C=O) groups is 2. The SMILES string of the molecule is CCOC(=O)C1(C)CN1N(C)C(=O)Cc1c(Cl)ccc(Cl)c1OC. The Morgan fingerprint density at radius 1 is 1.33 bits per heavy atom. The summed E-state index contributed by atoms with van der Waals surface area (Å²) >= 11 is 12.3. The predicted molar refractivity (Wildman–Crippen MR) is 91.2 cm³/mol. The van der Waals surface area contributed by atoms with Gasteiger partial charge in [-0.2, -0.15) is 5.01 Å². The third kappa shape index (κ3) is 3.45. The lowest BCUT2D eigenvalue weighted by atomic mass is 10.1. The second-order valence-corrected chi connectivity index (χ2v) is 6.50. The van der Waals surface area contributed by atoms with Crippen molar-refractivity contribution < 1.29 is 19.1 Å². The number of esters is 1. The third-order valence-corrected chi connectivity index (χ3v) is 4.70. The Balaban J connectivity index is 2.12. The lowest BCUT2D eigenvalue weighted by Gasteiger charge is -2.22.